The number of nitrogens with one attached hydrogen (secondary N) is 2. The van der Waals surface area contributed by atoms with Gasteiger partial charge in [-0.25, -0.2) is 4.79 Å². The van der Waals surface area contributed by atoms with E-state index >= 15 is 0 Å². The minimum absolute atomic E-state index is 0.0134. The van der Waals surface area contributed by atoms with Crippen molar-refractivity contribution in [2.75, 3.05) is 13.2 Å². The smallest absolute Gasteiger partial charge is 0.315 e. The van der Waals surface area contributed by atoms with E-state index in [1.54, 1.807) is 0 Å². The van der Waals surface area contributed by atoms with Crippen LogP contribution >= 0.6 is 0 Å². The number of carboxylic acid groups (broad SMARTS) is 1. The third kappa shape index (κ3) is 4.52. The minimum atomic E-state index is -0.866. The maximum atomic E-state index is 11.6. The normalized spacial score (nSPS) is 24.6. The number of carboxylic acids is 1. The van der Waals surface area contributed by atoms with Gasteiger partial charge in [0.25, 0.3) is 0 Å². The van der Waals surface area contributed by atoms with Gasteiger partial charge in [-0.15, -0.1) is 0 Å². The van der Waals surface area contributed by atoms with Gasteiger partial charge in [0, 0.05) is 13.2 Å². The zero-order valence-electron chi connectivity index (χ0n) is 10.9. The standard InChI is InChI=1S/C12H22N2O4/c1-3-4-9(11(15)16)7-13-12(17)14-10-5-6-18-8(10)2/h8-10H,3-7H2,1-2H3,(H,15,16)(H2,13,14,17). The number of carbonyl (C=O) groups is 2. The number of urea groups is 1. The first kappa shape index (κ1) is 14.8. The van der Waals surface area contributed by atoms with Crippen LogP contribution in [0.2, 0.25) is 0 Å². The molecule has 1 aliphatic heterocycles. The Morgan fingerprint density at radius 3 is 2.72 bits per heavy atom. The molecule has 3 unspecified atom stereocenters. The monoisotopic (exact) mass is 258 g/mol. The predicted molar refractivity (Wildman–Crippen MR) is 66.4 cm³/mol. The number of amides is 2. The van der Waals surface area contributed by atoms with E-state index in [1.165, 1.54) is 0 Å². The summed E-state index contributed by atoms with van der Waals surface area (Å²) in [7, 11) is 0. The number of rotatable bonds is 6. The highest BCUT2D eigenvalue weighted by Gasteiger charge is 2.26. The van der Waals surface area contributed by atoms with Crippen molar-refractivity contribution in [2.45, 2.75) is 45.3 Å². The Morgan fingerprint density at radius 1 is 1.50 bits per heavy atom. The zero-order chi connectivity index (χ0) is 13.5. The lowest BCUT2D eigenvalue weighted by atomic mass is 10.0. The van der Waals surface area contributed by atoms with E-state index in [0.717, 1.165) is 12.8 Å². The lowest BCUT2D eigenvalue weighted by molar-refractivity contribution is -0.141. The molecule has 0 bridgehead atoms. The van der Waals surface area contributed by atoms with E-state index in [9.17, 15) is 9.59 Å². The van der Waals surface area contributed by atoms with Gasteiger partial charge in [-0.2, -0.15) is 0 Å². The fraction of sp³-hybridized carbons (Fsp3) is 0.833. The number of hydrogen-bond donors (Lipinski definition) is 3. The van der Waals surface area contributed by atoms with Crippen molar-refractivity contribution in [1.82, 2.24) is 10.6 Å². The van der Waals surface area contributed by atoms with E-state index in [4.69, 9.17) is 9.84 Å². The molecule has 104 valence electrons. The molecule has 0 saturated carbocycles. The summed E-state index contributed by atoms with van der Waals surface area (Å²) in [4.78, 5) is 22.5. The van der Waals surface area contributed by atoms with Crippen LogP contribution in [0.4, 0.5) is 4.79 Å². The molecule has 3 N–H and O–H groups in total. The lowest BCUT2D eigenvalue weighted by Gasteiger charge is -2.18. The fourth-order valence-electron chi connectivity index (χ4n) is 2.02. The molecular weight excluding hydrogens is 236 g/mol. The van der Waals surface area contributed by atoms with Crippen LogP contribution < -0.4 is 10.6 Å². The molecule has 6 heteroatoms. The van der Waals surface area contributed by atoms with Gasteiger partial charge in [0.15, 0.2) is 0 Å². The summed E-state index contributed by atoms with van der Waals surface area (Å²) in [6.45, 7) is 4.65. The van der Waals surface area contributed by atoms with E-state index in [-0.39, 0.29) is 24.7 Å². The first-order valence-corrected chi connectivity index (χ1v) is 6.43. The van der Waals surface area contributed by atoms with Crippen LogP contribution in [-0.4, -0.2) is 42.4 Å². The summed E-state index contributed by atoms with van der Waals surface area (Å²) in [5, 5.41) is 14.4. The molecule has 0 radical (unpaired) electrons. The third-order valence-corrected chi connectivity index (χ3v) is 3.19. The topological polar surface area (TPSA) is 87.7 Å². The maximum absolute atomic E-state index is 11.6. The molecule has 3 atom stereocenters. The van der Waals surface area contributed by atoms with Gasteiger partial charge < -0.3 is 20.5 Å². The first-order chi connectivity index (χ1) is 8.54. The quantitative estimate of drug-likeness (QED) is 0.662. The van der Waals surface area contributed by atoms with Gasteiger partial charge in [-0.3, -0.25) is 4.79 Å². The second kappa shape index (κ2) is 7.20. The Morgan fingerprint density at radius 2 is 2.22 bits per heavy atom. The summed E-state index contributed by atoms with van der Waals surface area (Å²) in [5.74, 6) is -1.38. The largest absolute Gasteiger partial charge is 0.481 e. The predicted octanol–water partition coefficient (Wildman–Crippen LogP) is 0.964. The SMILES string of the molecule is CCCC(CNC(=O)NC1CCOC1C)C(=O)O. The molecule has 1 heterocycles. The Balaban J connectivity index is 2.29. The molecule has 6 nitrogen and oxygen atoms in total. The van der Waals surface area contributed by atoms with Crippen LogP contribution in [0.1, 0.15) is 33.1 Å². The second-order valence-corrected chi connectivity index (χ2v) is 4.65. The molecule has 1 rings (SSSR count). The maximum Gasteiger partial charge on any atom is 0.315 e. The molecule has 2 amide bonds. The van der Waals surface area contributed by atoms with Crippen LogP contribution in [0.5, 0.6) is 0 Å². The average molecular weight is 258 g/mol. The third-order valence-electron chi connectivity index (χ3n) is 3.19. The fourth-order valence-corrected chi connectivity index (χ4v) is 2.02. The van der Waals surface area contributed by atoms with E-state index < -0.39 is 11.9 Å². The highest BCUT2D eigenvalue weighted by Crippen LogP contribution is 2.12. The highest BCUT2D eigenvalue weighted by molar-refractivity contribution is 5.76. The van der Waals surface area contributed by atoms with E-state index in [2.05, 4.69) is 10.6 Å². The van der Waals surface area contributed by atoms with Crippen molar-refractivity contribution in [2.24, 2.45) is 5.92 Å². The highest BCUT2D eigenvalue weighted by atomic mass is 16.5. The summed E-state index contributed by atoms with van der Waals surface area (Å²) in [6, 6.07) is -0.306. The van der Waals surface area contributed by atoms with Crippen LogP contribution in [0, 0.1) is 5.92 Å². The van der Waals surface area contributed by atoms with Crippen molar-refractivity contribution in [3.63, 3.8) is 0 Å². The van der Waals surface area contributed by atoms with E-state index in [0.29, 0.717) is 13.0 Å². The number of aliphatic carboxylic acids is 1. The molecule has 0 spiro atoms. The number of hydrogen-bond acceptors (Lipinski definition) is 3. The molecule has 1 fully saturated rings. The Kier molecular flexibility index (Phi) is 5.91. The minimum Gasteiger partial charge on any atom is -0.481 e. The van der Waals surface area contributed by atoms with Gasteiger partial charge in [0.1, 0.15) is 0 Å². The van der Waals surface area contributed by atoms with Crippen molar-refractivity contribution >= 4 is 12.0 Å². The summed E-state index contributed by atoms with van der Waals surface area (Å²) < 4.78 is 5.33. The summed E-state index contributed by atoms with van der Waals surface area (Å²) in [6.07, 6.45) is 2.17. The van der Waals surface area contributed by atoms with Crippen LogP contribution in [-0.2, 0) is 9.53 Å². The summed E-state index contributed by atoms with van der Waals surface area (Å²) in [5.41, 5.74) is 0. The van der Waals surface area contributed by atoms with Gasteiger partial charge in [-0.1, -0.05) is 13.3 Å². The Labute approximate surface area is 107 Å². The first-order valence-electron chi connectivity index (χ1n) is 6.43. The van der Waals surface area contributed by atoms with E-state index in [1.807, 2.05) is 13.8 Å². The average Bonchev–Trinajstić information content (AvgIpc) is 2.70. The van der Waals surface area contributed by atoms with Gasteiger partial charge in [-0.05, 0) is 19.8 Å². The molecule has 1 aliphatic rings. The van der Waals surface area contributed by atoms with Gasteiger partial charge in [0.05, 0.1) is 18.1 Å². The van der Waals surface area contributed by atoms with Crippen LogP contribution in [0.25, 0.3) is 0 Å². The van der Waals surface area contributed by atoms with Gasteiger partial charge >= 0.3 is 12.0 Å². The number of ether oxygens (including phenoxy) is 1. The summed E-state index contributed by atoms with van der Waals surface area (Å²) >= 11 is 0. The molecule has 0 aliphatic carbocycles. The second-order valence-electron chi connectivity index (χ2n) is 4.65. The van der Waals surface area contributed by atoms with Gasteiger partial charge in [0.2, 0.25) is 0 Å². The molecule has 1 saturated heterocycles. The zero-order valence-corrected chi connectivity index (χ0v) is 10.9. The van der Waals surface area contributed by atoms with Crippen LogP contribution in [0.15, 0.2) is 0 Å². The van der Waals surface area contributed by atoms with Crippen molar-refractivity contribution < 1.29 is 19.4 Å². The van der Waals surface area contributed by atoms with Crippen LogP contribution in [0.3, 0.4) is 0 Å². The molecule has 0 aromatic rings. The molecular formula is C12H22N2O4. The lowest BCUT2D eigenvalue weighted by Crippen LogP contribution is -2.46. The van der Waals surface area contributed by atoms with Crippen molar-refractivity contribution in [3.05, 3.63) is 0 Å². The van der Waals surface area contributed by atoms with Crippen molar-refractivity contribution in [1.29, 1.82) is 0 Å². The Bertz CT molecular complexity index is 296. The number of carbonyl (C=O) groups excluding carboxylic acids is 1. The molecule has 18 heavy (non-hydrogen) atoms. The molecule has 0 aromatic carbocycles. The van der Waals surface area contributed by atoms with Crippen molar-refractivity contribution in [3.8, 4) is 0 Å². The molecule has 0 aromatic heterocycles. The Hall–Kier alpha value is -1.30.